The van der Waals surface area contributed by atoms with Crippen molar-refractivity contribution < 1.29 is 9.32 Å². The highest BCUT2D eigenvalue weighted by molar-refractivity contribution is 9.10. The van der Waals surface area contributed by atoms with Crippen molar-refractivity contribution in [2.75, 3.05) is 5.32 Å². The molecule has 0 saturated carbocycles. The van der Waals surface area contributed by atoms with Gasteiger partial charge >= 0.3 is 0 Å². The van der Waals surface area contributed by atoms with Gasteiger partial charge in [0, 0.05) is 11.8 Å². The lowest BCUT2D eigenvalue weighted by Crippen LogP contribution is -2.22. The number of carbonyl (C=O) groups is 1. The van der Waals surface area contributed by atoms with E-state index in [1.165, 1.54) is 0 Å². The van der Waals surface area contributed by atoms with E-state index in [1.807, 2.05) is 26.8 Å². The number of rotatable bonds is 4. The van der Waals surface area contributed by atoms with Gasteiger partial charge in [-0.15, -0.1) is 0 Å². The van der Waals surface area contributed by atoms with Gasteiger partial charge in [-0.2, -0.15) is 0 Å². The van der Waals surface area contributed by atoms with Gasteiger partial charge in [-0.3, -0.25) is 4.79 Å². The van der Waals surface area contributed by atoms with Crippen LogP contribution in [0.2, 0.25) is 0 Å². The molecular weight excluding hydrogens is 322 g/mol. The summed E-state index contributed by atoms with van der Waals surface area (Å²) in [6.45, 7) is 5.63. The Morgan fingerprint density at radius 2 is 2.25 bits per heavy atom. The normalized spacial score (nSPS) is 12.2. The molecule has 106 valence electrons. The first-order chi connectivity index (χ1) is 9.54. The van der Waals surface area contributed by atoms with E-state index in [0.717, 1.165) is 15.7 Å². The number of anilines is 1. The number of amides is 1. The van der Waals surface area contributed by atoms with Gasteiger partial charge in [-0.25, -0.2) is 4.98 Å². The third kappa shape index (κ3) is 2.90. The Kier molecular flexibility index (Phi) is 4.54. The quantitative estimate of drug-likeness (QED) is 0.925. The molecular formula is C14H16BrN3O2. The van der Waals surface area contributed by atoms with Crippen molar-refractivity contribution in [3.8, 4) is 0 Å². The molecule has 0 aliphatic heterocycles. The van der Waals surface area contributed by atoms with Crippen LogP contribution in [-0.4, -0.2) is 16.0 Å². The lowest BCUT2D eigenvalue weighted by Gasteiger charge is -2.15. The van der Waals surface area contributed by atoms with Gasteiger partial charge in [0.25, 0.3) is 0 Å². The third-order valence-corrected chi connectivity index (χ3v) is 3.80. The molecule has 2 aromatic heterocycles. The zero-order chi connectivity index (χ0) is 14.7. The highest BCUT2D eigenvalue weighted by atomic mass is 79.9. The summed E-state index contributed by atoms with van der Waals surface area (Å²) in [5.74, 6) is 0.795. The fraction of sp³-hybridized carbons (Fsp3) is 0.357. The summed E-state index contributed by atoms with van der Waals surface area (Å²) in [7, 11) is 0. The topological polar surface area (TPSA) is 68.0 Å². The highest BCUT2D eigenvalue weighted by Crippen LogP contribution is 2.28. The molecule has 1 N–H and O–H groups in total. The van der Waals surface area contributed by atoms with Gasteiger partial charge in [-0.1, -0.05) is 12.1 Å². The maximum atomic E-state index is 12.5. The lowest BCUT2D eigenvalue weighted by molar-refractivity contribution is -0.117. The summed E-state index contributed by atoms with van der Waals surface area (Å²) in [6.07, 6.45) is 2.30. The smallest absolute Gasteiger partial charge is 0.233 e. The van der Waals surface area contributed by atoms with Gasteiger partial charge in [-0.05, 0) is 48.3 Å². The van der Waals surface area contributed by atoms with Gasteiger partial charge < -0.3 is 9.84 Å². The minimum absolute atomic E-state index is 0.110. The van der Waals surface area contributed by atoms with Crippen LogP contribution in [0.15, 0.2) is 27.3 Å². The summed E-state index contributed by atoms with van der Waals surface area (Å²) in [6, 6.07) is 3.63. The van der Waals surface area contributed by atoms with Crippen molar-refractivity contribution >= 4 is 27.7 Å². The van der Waals surface area contributed by atoms with Crippen LogP contribution in [0.4, 0.5) is 5.82 Å². The van der Waals surface area contributed by atoms with Crippen LogP contribution in [0.5, 0.6) is 0 Å². The van der Waals surface area contributed by atoms with Crippen LogP contribution in [0.25, 0.3) is 0 Å². The van der Waals surface area contributed by atoms with Crippen LogP contribution in [0, 0.1) is 13.8 Å². The number of nitrogens with zero attached hydrogens (tertiary/aromatic N) is 2. The molecule has 2 aromatic rings. The standard InChI is InChI=1S/C14H16BrN3O2/c1-4-10(12-8(2)18-20-9(12)3)14(19)17-13-11(15)6-5-7-16-13/h5-7,10H,4H2,1-3H3,(H,16,17,19)/t10-/m0/s1. The first-order valence-electron chi connectivity index (χ1n) is 6.38. The Bertz CT molecular complexity index is 605. The van der Waals surface area contributed by atoms with E-state index >= 15 is 0 Å². The summed E-state index contributed by atoms with van der Waals surface area (Å²) in [4.78, 5) is 16.6. The lowest BCUT2D eigenvalue weighted by atomic mass is 9.94. The van der Waals surface area contributed by atoms with Gasteiger partial charge in [0.05, 0.1) is 16.1 Å². The maximum Gasteiger partial charge on any atom is 0.233 e. The molecule has 0 aliphatic rings. The van der Waals surface area contributed by atoms with Crippen LogP contribution in [0.1, 0.15) is 36.3 Å². The van der Waals surface area contributed by atoms with Crippen LogP contribution in [0.3, 0.4) is 0 Å². The van der Waals surface area contributed by atoms with Crippen LogP contribution < -0.4 is 5.32 Å². The first kappa shape index (κ1) is 14.7. The van der Waals surface area contributed by atoms with E-state index in [0.29, 0.717) is 18.0 Å². The second-order valence-electron chi connectivity index (χ2n) is 4.52. The van der Waals surface area contributed by atoms with E-state index in [1.54, 1.807) is 12.3 Å². The fourth-order valence-corrected chi connectivity index (χ4v) is 2.54. The van der Waals surface area contributed by atoms with Gasteiger partial charge in [0.15, 0.2) is 0 Å². The molecule has 0 radical (unpaired) electrons. The minimum atomic E-state index is -0.296. The molecule has 0 aliphatic carbocycles. The third-order valence-electron chi connectivity index (χ3n) is 3.16. The number of aryl methyl sites for hydroxylation is 2. The molecule has 0 fully saturated rings. The summed E-state index contributed by atoms with van der Waals surface area (Å²) < 4.78 is 5.90. The predicted molar refractivity (Wildman–Crippen MR) is 79.6 cm³/mol. The molecule has 1 atom stereocenters. The molecule has 0 saturated heterocycles. The van der Waals surface area contributed by atoms with E-state index in [9.17, 15) is 4.79 Å². The molecule has 6 heteroatoms. The second kappa shape index (κ2) is 6.17. The van der Waals surface area contributed by atoms with E-state index < -0.39 is 0 Å². The largest absolute Gasteiger partial charge is 0.361 e. The van der Waals surface area contributed by atoms with Crippen LogP contribution >= 0.6 is 15.9 Å². The maximum absolute atomic E-state index is 12.5. The Hall–Kier alpha value is -1.69. The van der Waals surface area contributed by atoms with Crippen molar-refractivity contribution in [2.45, 2.75) is 33.1 Å². The van der Waals surface area contributed by atoms with Crippen molar-refractivity contribution in [3.63, 3.8) is 0 Å². The Labute approximate surface area is 125 Å². The number of carbonyl (C=O) groups excluding carboxylic acids is 1. The van der Waals surface area contributed by atoms with Crippen molar-refractivity contribution in [2.24, 2.45) is 0 Å². The molecule has 20 heavy (non-hydrogen) atoms. The van der Waals surface area contributed by atoms with E-state index in [4.69, 9.17) is 4.52 Å². The highest BCUT2D eigenvalue weighted by Gasteiger charge is 2.26. The zero-order valence-electron chi connectivity index (χ0n) is 11.6. The molecule has 0 aromatic carbocycles. The molecule has 2 rings (SSSR count). The first-order valence-corrected chi connectivity index (χ1v) is 7.18. The molecule has 0 bridgehead atoms. The number of nitrogens with one attached hydrogen (secondary N) is 1. The summed E-state index contributed by atoms with van der Waals surface area (Å²) in [5, 5.41) is 6.75. The Morgan fingerprint density at radius 1 is 1.50 bits per heavy atom. The number of halogens is 1. The van der Waals surface area contributed by atoms with Crippen molar-refractivity contribution in [3.05, 3.63) is 39.8 Å². The number of hydrogen-bond donors (Lipinski definition) is 1. The fourth-order valence-electron chi connectivity index (χ4n) is 2.19. The molecule has 0 spiro atoms. The number of aromatic nitrogens is 2. The molecule has 5 nitrogen and oxygen atoms in total. The van der Waals surface area contributed by atoms with Crippen molar-refractivity contribution in [1.29, 1.82) is 0 Å². The number of pyridine rings is 1. The van der Waals surface area contributed by atoms with Crippen LogP contribution in [-0.2, 0) is 4.79 Å². The molecule has 1 amide bonds. The Balaban J connectivity index is 2.25. The van der Waals surface area contributed by atoms with Crippen molar-refractivity contribution in [1.82, 2.24) is 10.1 Å². The number of hydrogen-bond acceptors (Lipinski definition) is 4. The zero-order valence-corrected chi connectivity index (χ0v) is 13.2. The monoisotopic (exact) mass is 337 g/mol. The SMILES string of the molecule is CC[C@H](C(=O)Nc1ncccc1Br)c1c(C)noc1C. The van der Waals surface area contributed by atoms with Gasteiger partial charge in [0.2, 0.25) is 5.91 Å². The average Bonchev–Trinajstić information content (AvgIpc) is 2.74. The second-order valence-corrected chi connectivity index (χ2v) is 5.38. The summed E-state index contributed by atoms with van der Waals surface area (Å²) in [5.41, 5.74) is 1.61. The van der Waals surface area contributed by atoms with E-state index in [2.05, 4.69) is 31.4 Å². The predicted octanol–water partition coefficient (Wildman–Crippen LogP) is 3.58. The van der Waals surface area contributed by atoms with E-state index in [-0.39, 0.29) is 11.8 Å². The Morgan fingerprint density at radius 3 is 2.80 bits per heavy atom. The molecule has 2 heterocycles. The minimum Gasteiger partial charge on any atom is -0.361 e. The average molecular weight is 338 g/mol. The van der Waals surface area contributed by atoms with Gasteiger partial charge in [0.1, 0.15) is 11.6 Å². The summed E-state index contributed by atoms with van der Waals surface area (Å²) >= 11 is 3.37. The molecule has 0 unspecified atom stereocenters.